The lowest BCUT2D eigenvalue weighted by molar-refractivity contribution is 0.174. The third-order valence-corrected chi connectivity index (χ3v) is 6.05. The Morgan fingerprint density at radius 2 is 1.97 bits per heavy atom. The summed E-state index contributed by atoms with van der Waals surface area (Å²) in [6.07, 6.45) is 3.94. The molecule has 0 bridgehead atoms. The standard InChI is InChI=1S/C22H15N3O3S/c26-21-20(29-22-23-16-5-1-2-6-17(16)25(21)22)11-15-4-3-9-24(15)12-14-7-8-18-19(10-14)28-13-27-18/h1-11H,12-13H2. The molecule has 142 valence electrons. The van der Waals surface area contributed by atoms with Crippen molar-refractivity contribution in [2.24, 2.45) is 0 Å². The summed E-state index contributed by atoms with van der Waals surface area (Å²) in [4.78, 5) is 18.3. The van der Waals surface area contributed by atoms with Gasteiger partial charge in [-0.15, -0.1) is 0 Å². The molecule has 7 heteroatoms. The Labute approximate surface area is 168 Å². The van der Waals surface area contributed by atoms with Gasteiger partial charge in [0.2, 0.25) is 6.79 Å². The molecule has 29 heavy (non-hydrogen) atoms. The van der Waals surface area contributed by atoms with Crippen LogP contribution in [0.15, 0.2) is 65.6 Å². The average Bonchev–Trinajstić information content (AvgIpc) is 3.48. The number of fused-ring (bicyclic) bond motifs is 4. The van der Waals surface area contributed by atoms with Crippen LogP contribution in [0.25, 0.3) is 22.1 Å². The first kappa shape index (κ1) is 16.4. The van der Waals surface area contributed by atoms with Gasteiger partial charge in [0.05, 0.1) is 15.6 Å². The number of thiazole rings is 1. The van der Waals surface area contributed by atoms with E-state index in [9.17, 15) is 4.79 Å². The molecule has 0 saturated heterocycles. The molecule has 6 nitrogen and oxygen atoms in total. The Balaban J connectivity index is 1.41. The van der Waals surface area contributed by atoms with Crippen LogP contribution in [0.2, 0.25) is 0 Å². The molecular weight excluding hydrogens is 386 g/mol. The maximum Gasteiger partial charge on any atom is 0.275 e. The van der Waals surface area contributed by atoms with E-state index < -0.39 is 0 Å². The van der Waals surface area contributed by atoms with Gasteiger partial charge >= 0.3 is 0 Å². The maximum atomic E-state index is 13.0. The molecule has 1 aliphatic heterocycles. The van der Waals surface area contributed by atoms with E-state index in [-0.39, 0.29) is 12.4 Å². The molecule has 2 aromatic carbocycles. The quantitative estimate of drug-likeness (QED) is 0.466. The van der Waals surface area contributed by atoms with Crippen LogP contribution in [0, 0.1) is 0 Å². The maximum absolute atomic E-state index is 13.0. The summed E-state index contributed by atoms with van der Waals surface area (Å²) >= 11 is 1.41. The summed E-state index contributed by atoms with van der Waals surface area (Å²) in [5, 5.41) is 0. The number of aromatic nitrogens is 3. The van der Waals surface area contributed by atoms with E-state index in [2.05, 4.69) is 9.55 Å². The Morgan fingerprint density at radius 3 is 2.93 bits per heavy atom. The van der Waals surface area contributed by atoms with Crippen molar-refractivity contribution in [3.8, 4) is 11.5 Å². The van der Waals surface area contributed by atoms with Crippen LogP contribution in [0.5, 0.6) is 11.5 Å². The number of hydrogen-bond acceptors (Lipinski definition) is 5. The van der Waals surface area contributed by atoms with E-state index in [4.69, 9.17) is 9.47 Å². The summed E-state index contributed by atoms with van der Waals surface area (Å²) < 4.78 is 15.3. The molecule has 0 unspecified atom stereocenters. The van der Waals surface area contributed by atoms with Crippen molar-refractivity contribution < 1.29 is 9.47 Å². The number of para-hydroxylation sites is 2. The molecule has 0 amide bonds. The summed E-state index contributed by atoms with van der Waals surface area (Å²) in [5.74, 6) is 1.55. The normalized spacial score (nSPS) is 13.7. The lowest BCUT2D eigenvalue weighted by Gasteiger charge is -2.07. The zero-order valence-corrected chi connectivity index (χ0v) is 16.1. The van der Waals surface area contributed by atoms with E-state index in [0.29, 0.717) is 11.1 Å². The Hall–Kier alpha value is -3.58. The van der Waals surface area contributed by atoms with Gasteiger partial charge < -0.3 is 14.0 Å². The molecule has 5 aromatic rings. The average molecular weight is 401 g/mol. The monoisotopic (exact) mass is 401 g/mol. The molecule has 0 fully saturated rings. The molecule has 0 spiro atoms. The molecule has 0 radical (unpaired) electrons. The van der Waals surface area contributed by atoms with Crippen LogP contribution in [-0.4, -0.2) is 20.7 Å². The number of hydrogen-bond donors (Lipinski definition) is 0. The fraction of sp³-hybridized carbons (Fsp3) is 0.0909. The van der Waals surface area contributed by atoms with Crippen molar-refractivity contribution in [3.63, 3.8) is 0 Å². The van der Waals surface area contributed by atoms with E-state index in [1.807, 2.05) is 66.9 Å². The van der Waals surface area contributed by atoms with Gasteiger partial charge in [-0.2, -0.15) is 0 Å². The van der Waals surface area contributed by atoms with Crippen LogP contribution in [-0.2, 0) is 6.54 Å². The molecule has 0 N–H and O–H groups in total. The van der Waals surface area contributed by atoms with E-state index in [1.165, 1.54) is 11.3 Å². The molecule has 0 atom stereocenters. The van der Waals surface area contributed by atoms with Crippen molar-refractivity contribution in [1.82, 2.24) is 14.0 Å². The minimum atomic E-state index is -0.0328. The highest BCUT2D eigenvalue weighted by Crippen LogP contribution is 2.32. The molecule has 6 rings (SSSR count). The number of nitrogens with zero attached hydrogens (tertiary/aromatic N) is 3. The second-order valence-corrected chi connectivity index (χ2v) is 7.89. The van der Waals surface area contributed by atoms with Crippen LogP contribution >= 0.6 is 11.3 Å². The molecule has 0 saturated carbocycles. The topological polar surface area (TPSA) is 57.8 Å². The zero-order valence-electron chi connectivity index (χ0n) is 15.2. The van der Waals surface area contributed by atoms with E-state index in [1.54, 1.807) is 4.40 Å². The molecule has 4 heterocycles. The zero-order chi connectivity index (χ0) is 19.4. The Morgan fingerprint density at radius 1 is 1.07 bits per heavy atom. The Bertz CT molecular complexity index is 1500. The first-order chi connectivity index (χ1) is 14.3. The fourth-order valence-electron chi connectivity index (χ4n) is 3.68. The van der Waals surface area contributed by atoms with Crippen molar-refractivity contribution in [1.29, 1.82) is 0 Å². The number of imidazole rings is 1. The first-order valence-electron chi connectivity index (χ1n) is 9.22. The third-order valence-electron chi connectivity index (χ3n) is 5.08. The van der Waals surface area contributed by atoms with Crippen LogP contribution in [0.1, 0.15) is 11.3 Å². The summed E-state index contributed by atoms with van der Waals surface area (Å²) in [6, 6.07) is 17.7. The minimum absolute atomic E-state index is 0.0328. The van der Waals surface area contributed by atoms with Crippen LogP contribution in [0.3, 0.4) is 0 Å². The molecule has 0 aliphatic carbocycles. The van der Waals surface area contributed by atoms with E-state index >= 15 is 0 Å². The van der Waals surface area contributed by atoms with Gasteiger partial charge in [0, 0.05) is 18.4 Å². The van der Waals surface area contributed by atoms with Crippen LogP contribution < -0.4 is 19.6 Å². The lowest BCUT2D eigenvalue weighted by atomic mass is 10.2. The first-order valence-corrected chi connectivity index (χ1v) is 10.0. The summed E-state index contributed by atoms with van der Waals surface area (Å²) in [6.45, 7) is 0.942. The SMILES string of the molecule is O=c1c(=Cc2cccn2Cc2ccc3c(c2)OCO3)sc2nc3ccccc3n12. The second kappa shape index (κ2) is 6.22. The van der Waals surface area contributed by atoms with Gasteiger partial charge in [-0.05, 0) is 48.0 Å². The third kappa shape index (κ3) is 2.62. The number of rotatable bonds is 3. The lowest BCUT2D eigenvalue weighted by Crippen LogP contribution is -2.23. The van der Waals surface area contributed by atoms with E-state index in [0.717, 1.165) is 38.8 Å². The van der Waals surface area contributed by atoms with Crippen molar-refractivity contribution >= 4 is 33.4 Å². The number of ether oxygens (including phenoxy) is 2. The van der Waals surface area contributed by atoms with Gasteiger partial charge in [0.15, 0.2) is 16.5 Å². The van der Waals surface area contributed by atoms with Gasteiger partial charge in [0.25, 0.3) is 5.56 Å². The predicted octanol–water partition coefficient (Wildman–Crippen LogP) is 3.04. The molecule has 3 aromatic heterocycles. The predicted molar refractivity (Wildman–Crippen MR) is 112 cm³/mol. The molecule has 1 aliphatic rings. The highest BCUT2D eigenvalue weighted by molar-refractivity contribution is 7.15. The fourth-order valence-corrected chi connectivity index (χ4v) is 4.66. The van der Waals surface area contributed by atoms with Gasteiger partial charge in [0.1, 0.15) is 0 Å². The van der Waals surface area contributed by atoms with Crippen LogP contribution in [0.4, 0.5) is 0 Å². The Kier molecular flexibility index (Phi) is 3.51. The van der Waals surface area contributed by atoms with Crippen molar-refractivity contribution in [2.75, 3.05) is 6.79 Å². The highest BCUT2D eigenvalue weighted by atomic mass is 32.1. The minimum Gasteiger partial charge on any atom is -0.454 e. The summed E-state index contributed by atoms with van der Waals surface area (Å²) in [7, 11) is 0. The van der Waals surface area contributed by atoms with Gasteiger partial charge in [-0.3, -0.25) is 4.79 Å². The van der Waals surface area contributed by atoms with Crippen molar-refractivity contribution in [2.45, 2.75) is 6.54 Å². The molecular formula is C22H15N3O3S. The smallest absolute Gasteiger partial charge is 0.275 e. The van der Waals surface area contributed by atoms with Gasteiger partial charge in [-0.1, -0.05) is 29.5 Å². The summed E-state index contributed by atoms with van der Waals surface area (Å²) in [5.41, 5.74) is 3.73. The largest absolute Gasteiger partial charge is 0.454 e. The second-order valence-electron chi connectivity index (χ2n) is 6.88. The van der Waals surface area contributed by atoms with Gasteiger partial charge in [-0.25, -0.2) is 9.38 Å². The van der Waals surface area contributed by atoms with Crippen molar-refractivity contribution in [3.05, 3.63) is 86.9 Å². The number of benzene rings is 2. The highest BCUT2D eigenvalue weighted by Gasteiger charge is 2.14.